The predicted octanol–water partition coefficient (Wildman–Crippen LogP) is 15.7. The van der Waals surface area contributed by atoms with Crippen molar-refractivity contribution in [3.05, 3.63) is 206 Å². The van der Waals surface area contributed by atoms with Gasteiger partial charge < -0.3 is 13.4 Å². The average molecular weight is 831 g/mol. The summed E-state index contributed by atoms with van der Waals surface area (Å²) in [5.41, 5.74) is 11.0. The van der Waals surface area contributed by atoms with Crippen molar-refractivity contribution >= 4 is 87.2 Å². The monoisotopic (exact) mass is 830 g/mol. The van der Waals surface area contributed by atoms with Crippen LogP contribution >= 0.6 is 0 Å². The first-order valence-electron chi connectivity index (χ1n) is 21.8. The van der Waals surface area contributed by atoms with Crippen LogP contribution in [0.15, 0.2) is 215 Å². The normalized spacial score (nSPS) is 12.0. The Morgan fingerprint density at radius 1 is 0.323 bits per heavy atom. The molecule has 0 aliphatic carbocycles. The molecule has 6 heteroatoms. The summed E-state index contributed by atoms with van der Waals surface area (Å²) in [6, 6.07) is 72.1. The summed E-state index contributed by atoms with van der Waals surface area (Å²) >= 11 is 0. The molecule has 0 unspecified atom stereocenters. The van der Waals surface area contributed by atoms with E-state index < -0.39 is 0 Å². The quantitative estimate of drug-likeness (QED) is 0.173. The van der Waals surface area contributed by atoms with Crippen molar-refractivity contribution in [2.24, 2.45) is 0 Å². The minimum absolute atomic E-state index is 0.531. The molecule has 0 saturated carbocycles. The molecule has 0 bridgehead atoms. The van der Waals surface area contributed by atoms with Crippen molar-refractivity contribution in [3.63, 3.8) is 0 Å². The summed E-state index contributed by atoms with van der Waals surface area (Å²) in [6.07, 6.45) is 0. The standard InChI is InChI=1S/C59H34N4O2/c1-2-13-35(14-3-1)37-18-12-19-40(31-37)57-60-58(41-26-27-45-44-22-9-11-24-51(44)64-53(45)34-41)62-59(61-57)55-49(29-30-52-54(55)46-28-25-36-15-6-7-20-42(36)56(46)65-52)63-48-23-10-8-21-43(48)47-32-38-16-4-5-17-39(38)33-50(47)63/h1-34H. The zero-order chi connectivity index (χ0) is 42.6. The predicted molar refractivity (Wildman–Crippen MR) is 265 cm³/mol. The Morgan fingerprint density at radius 3 is 1.83 bits per heavy atom. The number of hydrogen-bond donors (Lipinski definition) is 0. The number of fused-ring (bicyclic) bond motifs is 12. The van der Waals surface area contributed by atoms with Gasteiger partial charge in [0.05, 0.1) is 22.3 Å². The maximum absolute atomic E-state index is 6.91. The van der Waals surface area contributed by atoms with Crippen molar-refractivity contribution in [1.29, 1.82) is 0 Å². The molecule has 0 fully saturated rings. The second-order valence-electron chi connectivity index (χ2n) is 16.7. The van der Waals surface area contributed by atoms with Crippen molar-refractivity contribution in [1.82, 2.24) is 19.5 Å². The third-order valence-corrected chi connectivity index (χ3v) is 13.0. The minimum atomic E-state index is 0.531. The van der Waals surface area contributed by atoms with E-state index in [0.29, 0.717) is 17.5 Å². The summed E-state index contributed by atoms with van der Waals surface area (Å²) in [6.45, 7) is 0. The molecule has 0 amide bonds. The molecule has 302 valence electrons. The van der Waals surface area contributed by atoms with Crippen LogP contribution in [-0.4, -0.2) is 19.5 Å². The van der Waals surface area contributed by atoms with E-state index in [1.807, 2.05) is 24.3 Å². The summed E-state index contributed by atoms with van der Waals surface area (Å²) in [5, 5.41) is 10.9. The van der Waals surface area contributed by atoms with Crippen LogP contribution in [0.1, 0.15) is 0 Å². The molecule has 0 saturated heterocycles. The molecule has 65 heavy (non-hydrogen) atoms. The molecule has 0 radical (unpaired) electrons. The lowest BCUT2D eigenvalue weighted by atomic mass is 10.00. The smallest absolute Gasteiger partial charge is 0.166 e. The van der Waals surface area contributed by atoms with Gasteiger partial charge in [0.15, 0.2) is 17.5 Å². The Kier molecular flexibility index (Phi) is 7.59. The highest BCUT2D eigenvalue weighted by molar-refractivity contribution is 6.21. The molecule has 0 spiro atoms. The fourth-order valence-corrected chi connectivity index (χ4v) is 9.99. The van der Waals surface area contributed by atoms with Crippen molar-refractivity contribution < 1.29 is 8.83 Å². The topological polar surface area (TPSA) is 69.9 Å². The molecule has 0 aliphatic rings. The first-order valence-corrected chi connectivity index (χ1v) is 21.8. The van der Waals surface area contributed by atoms with E-state index in [1.165, 1.54) is 10.8 Å². The van der Waals surface area contributed by atoms with Gasteiger partial charge in [-0.2, -0.15) is 0 Å². The van der Waals surface area contributed by atoms with Crippen LogP contribution in [0.5, 0.6) is 0 Å². The van der Waals surface area contributed by atoms with Crippen LogP contribution in [0, 0.1) is 0 Å². The molecule has 0 aliphatic heterocycles. The first-order chi connectivity index (χ1) is 32.2. The first kappa shape index (κ1) is 35.7. The highest BCUT2D eigenvalue weighted by Gasteiger charge is 2.25. The van der Waals surface area contributed by atoms with Crippen LogP contribution in [0.4, 0.5) is 0 Å². The molecular formula is C59H34N4O2. The summed E-state index contributed by atoms with van der Waals surface area (Å²) < 4.78 is 15.7. The Hall–Kier alpha value is -8.87. The van der Waals surface area contributed by atoms with Gasteiger partial charge in [-0.15, -0.1) is 0 Å². The Labute approximate surface area is 371 Å². The fraction of sp³-hybridized carbons (Fsp3) is 0. The number of para-hydroxylation sites is 2. The molecule has 14 rings (SSSR count). The van der Waals surface area contributed by atoms with Gasteiger partial charge in [-0.1, -0.05) is 146 Å². The van der Waals surface area contributed by atoms with Crippen molar-refractivity contribution in [2.45, 2.75) is 0 Å². The van der Waals surface area contributed by atoms with Crippen LogP contribution in [0.3, 0.4) is 0 Å². The third kappa shape index (κ3) is 5.51. The number of aromatic nitrogens is 4. The van der Waals surface area contributed by atoms with Crippen LogP contribution < -0.4 is 0 Å². The lowest BCUT2D eigenvalue weighted by molar-refractivity contribution is 0.669. The second kappa shape index (κ2) is 13.8. The maximum atomic E-state index is 6.91. The largest absolute Gasteiger partial charge is 0.456 e. The fourth-order valence-electron chi connectivity index (χ4n) is 9.99. The Morgan fingerprint density at radius 2 is 0.969 bits per heavy atom. The number of nitrogens with zero attached hydrogens (tertiary/aromatic N) is 4. The highest BCUT2D eigenvalue weighted by atomic mass is 16.3. The molecule has 10 aromatic carbocycles. The molecule has 6 nitrogen and oxygen atoms in total. The number of benzene rings is 10. The van der Waals surface area contributed by atoms with Gasteiger partial charge in [0.25, 0.3) is 0 Å². The van der Waals surface area contributed by atoms with E-state index in [1.54, 1.807) is 0 Å². The van der Waals surface area contributed by atoms with Gasteiger partial charge in [-0.3, -0.25) is 0 Å². The van der Waals surface area contributed by atoms with Crippen molar-refractivity contribution in [2.75, 3.05) is 0 Å². The zero-order valence-corrected chi connectivity index (χ0v) is 34.7. The Balaban J connectivity index is 1.11. The lowest BCUT2D eigenvalue weighted by Crippen LogP contribution is -2.04. The van der Waals surface area contributed by atoms with Crippen LogP contribution in [-0.2, 0) is 0 Å². The van der Waals surface area contributed by atoms with Gasteiger partial charge in [-0.05, 0) is 87.9 Å². The van der Waals surface area contributed by atoms with E-state index >= 15 is 0 Å². The second-order valence-corrected chi connectivity index (χ2v) is 16.7. The molecular weight excluding hydrogens is 797 g/mol. The molecule has 4 heterocycles. The molecule has 4 aromatic heterocycles. The van der Waals surface area contributed by atoms with E-state index in [0.717, 1.165) is 110 Å². The van der Waals surface area contributed by atoms with Gasteiger partial charge >= 0.3 is 0 Å². The van der Waals surface area contributed by atoms with E-state index in [4.69, 9.17) is 23.8 Å². The van der Waals surface area contributed by atoms with Crippen LogP contribution in [0.25, 0.3) is 138 Å². The van der Waals surface area contributed by atoms with E-state index in [9.17, 15) is 0 Å². The third-order valence-electron chi connectivity index (χ3n) is 13.0. The van der Waals surface area contributed by atoms with Crippen LogP contribution in [0.2, 0.25) is 0 Å². The lowest BCUT2D eigenvalue weighted by Gasteiger charge is -2.16. The van der Waals surface area contributed by atoms with E-state index in [2.05, 4.69) is 187 Å². The molecule has 14 aromatic rings. The molecule has 0 atom stereocenters. The maximum Gasteiger partial charge on any atom is 0.166 e. The summed E-state index contributed by atoms with van der Waals surface area (Å²) in [4.78, 5) is 16.3. The summed E-state index contributed by atoms with van der Waals surface area (Å²) in [7, 11) is 0. The zero-order valence-electron chi connectivity index (χ0n) is 34.7. The van der Waals surface area contributed by atoms with Gasteiger partial charge in [0.2, 0.25) is 0 Å². The number of rotatable bonds is 5. The van der Waals surface area contributed by atoms with Crippen molar-refractivity contribution in [3.8, 4) is 51.0 Å². The number of hydrogen-bond acceptors (Lipinski definition) is 5. The summed E-state index contributed by atoms with van der Waals surface area (Å²) in [5.74, 6) is 1.62. The average Bonchev–Trinajstić information content (AvgIpc) is 4.05. The molecule has 0 N–H and O–H groups in total. The highest BCUT2D eigenvalue weighted by Crippen LogP contribution is 2.45. The SMILES string of the molecule is c1ccc(-c2cccc(-c3nc(-c4ccc5c(c4)oc4ccccc45)nc(-c4c(-n5c6ccccc6c6cc7ccccc7cc65)ccc5oc6c7ccccc7ccc6c45)n3)c2)cc1. The van der Waals surface area contributed by atoms with E-state index in [-0.39, 0.29) is 0 Å². The van der Waals surface area contributed by atoms with Gasteiger partial charge in [-0.25, -0.2) is 15.0 Å². The van der Waals surface area contributed by atoms with Gasteiger partial charge in [0, 0.05) is 48.8 Å². The number of furan rings is 2. The minimum Gasteiger partial charge on any atom is -0.456 e. The van der Waals surface area contributed by atoms with Gasteiger partial charge in [0.1, 0.15) is 22.3 Å². The Bertz CT molecular complexity index is 4250.